The molecule has 0 radical (unpaired) electrons. The van der Waals surface area contributed by atoms with E-state index >= 15 is 0 Å². The summed E-state index contributed by atoms with van der Waals surface area (Å²) in [5.74, 6) is 1.82. The molecule has 4 rings (SSSR count). The molecular formula is C21H20N2O4S. The van der Waals surface area contributed by atoms with Crippen LogP contribution in [0, 0.1) is 0 Å². The lowest BCUT2D eigenvalue weighted by molar-refractivity contribution is 0.0998. The van der Waals surface area contributed by atoms with Crippen molar-refractivity contribution in [2.75, 3.05) is 6.79 Å². The summed E-state index contributed by atoms with van der Waals surface area (Å²) in [6.45, 7) is 8.49. The van der Waals surface area contributed by atoms with Crippen molar-refractivity contribution < 1.29 is 19.0 Å². The van der Waals surface area contributed by atoms with Gasteiger partial charge in [-0.2, -0.15) is 4.99 Å². The number of rotatable bonds is 5. The third-order valence-electron chi connectivity index (χ3n) is 4.16. The predicted octanol–water partition coefficient (Wildman–Crippen LogP) is 4.15. The molecule has 0 N–H and O–H groups in total. The monoisotopic (exact) mass is 396 g/mol. The Bertz CT molecular complexity index is 1110. The highest BCUT2D eigenvalue weighted by atomic mass is 32.1. The Hall–Kier alpha value is -3.06. The predicted molar refractivity (Wildman–Crippen MR) is 108 cm³/mol. The Balaban J connectivity index is 1.72. The van der Waals surface area contributed by atoms with Crippen LogP contribution in [0.5, 0.6) is 17.2 Å². The highest BCUT2D eigenvalue weighted by Crippen LogP contribution is 2.37. The van der Waals surface area contributed by atoms with Crippen molar-refractivity contribution in [2.45, 2.75) is 26.5 Å². The molecule has 0 atom stereocenters. The van der Waals surface area contributed by atoms with Gasteiger partial charge in [-0.05, 0) is 38.1 Å². The fourth-order valence-electron chi connectivity index (χ4n) is 2.95. The molecule has 1 aliphatic heterocycles. The minimum atomic E-state index is -0.305. The van der Waals surface area contributed by atoms with Gasteiger partial charge in [-0.25, -0.2) is 0 Å². The summed E-state index contributed by atoms with van der Waals surface area (Å²) >= 11 is 1.43. The lowest BCUT2D eigenvalue weighted by Crippen LogP contribution is -2.16. The maximum atomic E-state index is 12.7. The lowest BCUT2D eigenvalue weighted by atomic mass is 10.2. The minimum absolute atomic E-state index is 0.0808. The maximum absolute atomic E-state index is 12.7. The Kier molecular flexibility index (Phi) is 4.92. The molecule has 2 heterocycles. The third-order valence-corrected chi connectivity index (χ3v) is 5.20. The molecule has 0 saturated heterocycles. The Morgan fingerprint density at radius 3 is 2.68 bits per heavy atom. The van der Waals surface area contributed by atoms with Crippen LogP contribution in [0.2, 0.25) is 0 Å². The first kappa shape index (κ1) is 18.3. The van der Waals surface area contributed by atoms with Crippen molar-refractivity contribution in [1.29, 1.82) is 0 Å². The summed E-state index contributed by atoms with van der Waals surface area (Å²) in [6.07, 6.45) is 1.86. The zero-order chi connectivity index (χ0) is 19.7. The molecule has 0 bridgehead atoms. The highest BCUT2D eigenvalue weighted by Gasteiger charge is 2.17. The van der Waals surface area contributed by atoms with Crippen LogP contribution in [-0.4, -0.2) is 23.4 Å². The molecule has 7 heteroatoms. The van der Waals surface area contributed by atoms with Gasteiger partial charge in [-0.1, -0.05) is 17.4 Å². The van der Waals surface area contributed by atoms with Crippen molar-refractivity contribution in [3.05, 3.63) is 59.4 Å². The molecule has 0 fully saturated rings. The van der Waals surface area contributed by atoms with E-state index in [2.05, 4.69) is 11.6 Å². The molecule has 1 aliphatic rings. The minimum Gasteiger partial charge on any atom is -0.491 e. The van der Waals surface area contributed by atoms with Crippen molar-refractivity contribution in [3.8, 4) is 17.2 Å². The third kappa shape index (κ3) is 3.53. The van der Waals surface area contributed by atoms with Crippen molar-refractivity contribution in [2.24, 2.45) is 4.99 Å². The number of ether oxygens (including phenoxy) is 3. The average molecular weight is 396 g/mol. The molecule has 0 saturated carbocycles. The number of aromatic nitrogens is 1. The van der Waals surface area contributed by atoms with Crippen LogP contribution in [0.3, 0.4) is 0 Å². The fourth-order valence-corrected chi connectivity index (χ4v) is 4.00. The highest BCUT2D eigenvalue weighted by molar-refractivity contribution is 7.16. The van der Waals surface area contributed by atoms with Gasteiger partial charge < -0.3 is 18.8 Å². The molecule has 1 amide bonds. The van der Waals surface area contributed by atoms with E-state index in [0.29, 0.717) is 28.4 Å². The number of hydrogen-bond acceptors (Lipinski definition) is 5. The first-order valence-corrected chi connectivity index (χ1v) is 9.76. The molecule has 144 valence electrons. The Labute approximate surface area is 166 Å². The summed E-state index contributed by atoms with van der Waals surface area (Å²) in [7, 11) is 0. The van der Waals surface area contributed by atoms with E-state index in [4.69, 9.17) is 14.2 Å². The van der Waals surface area contributed by atoms with Crippen LogP contribution in [0.1, 0.15) is 24.2 Å². The Morgan fingerprint density at radius 2 is 2.00 bits per heavy atom. The molecule has 0 aliphatic carbocycles. The number of amides is 1. The van der Waals surface area contributed by atoms with Gasteiger partial charge in [0.2, 0.25) is 6.79 Å². The SMILES string of the molecule is C=CCn1c(=NC(=O)c2ccc(OC(C)C)cc2)sc2cc3c(cc21)OCO3. The Morgan fingerprint density at radius 1 is 1.29 bits per heavy atom. The van der Waals surface area contributed by atoms with E-state index in [0.717, 1.165) is 16.0 Å². The number of carbonyl (C=O) groups is 1. The van der Waals surface area contributed by atoms with Gasteiger partial charge in [0.1, 0.15) is 5.75 Å². The maximum Gasteiger partial charge on any atom is 0.279 e. The van der Waals surface area contributed by atoms with E-state index in [9.17, 15) is 4.79 Å². The molecule has 28 heavy (non-hydrogen) atoms. The standard InChI is InChI=1S/C21H20N2O4S/c1-4-9-23-16-10-17-18(26-12-25-17)11-19(16)28-21(23)22-20(24)14-5-7-15(8-6-14)27-13(2)3/h4-8,10-11,13H,1,9,12H2,2-3H3. The second-order valence-electron chi connectivity index (χ2n) is 6.57. The molecule has 0 unspecified atom stereocenters. The summed E-state index contributed by atoms with van der Waals surface area (Å²) in [5.41, 5.74) is 1.44. The van der Waals surface area contributed by atoms with Crippen LogP contribution in [0.4, 0.5) is 0 Å². The fraction of sp³-hybridized carbons (Fsp3) is 0.238. The summed E-state index contributed by atoms with van der Waals surface area (Å²) in [6, 6.07) is 10.9. The first-order valence-electron chi connectivity index (χ1n) is 8.95. The quantitative estimate of drug-likeness (QED) is 0.608. The topological polar surface area (TPSA) is 62.1 Å². The van der Waals surface area contributed by atoms with E-state index in [1.165, 1.54) is 11.3 Å². The lowest BCUT2D eigenvalue weighted by Gasteiger charge is -2.09. The van der Waals surface area contributed by atoms with Gasteiger partial charge in [0, 0.05) is 24.2 Å². The molecular weight excluding hydrogens is 376 g/mol. The average Bonchev–Trinajstić information content (AvgIpc) is 3.24. The molecule has 2 aromatic carbocycles. The van der Waals surface area contributed by atoms with Crippen molar-refractivity contribution in [3.63, 3.8) is 0 Å². The number of hydrogen-bond donors (Lipinski definition) is 0. The van der Waals surface area contributed by atoms with Crippen LogP contribution in [-0.2, 0) is 6.54 Å². The van der Waals surface area contributed by atoms with Crippen molar-refractivity contribution in [1.82, 2.24) is 4.57 Å². The van der Waals surface area contributed by atoms with Gasteiger partial charge in [0.15, 0.2) is 16.3 Å². The molecule has 0 spiro atoms. The zero-order valence-electron chi connectivity index (χ0n) is 15.7. The van der Waals surface area contributed by atoms with Crippen LogP contribution in [0.25, 0.3) is 10.2 Å². The number of carbonyl (C=O) groups excluding carboxylic acids is 1. The second-order valence-corrected chi connectivity index (χ2v) is 7.57. The summed E-state index contributed by atoms with van der Waals surface area (Å²) < 4.78 is 19.5. The van der Waals surface area contributed by atoms with Gasteiger partial charge in [-0.3, -0.25) is 4.79 Å². The zero-order valence-corrected chi connectivity index (χ0v) is 16.5. The van der Waals surface area contributed by atoms with E-state index in [-0.39, 0.29) is 18.8 Å². The number of benzene rings is 2. The second kappa shape index (κ2) is 7.52. The van der Waals surface area contributed by atoms with E-state index < -0.39 is 0 Å². The molecule has 6 nitrogen and oxygen atoms in total. The summed E-state index contributed by atoms with van der Waals surface area (Å²) in [5, 5.41) is 0. The number of nitrogens with zero attached hydrogens (tertiary/aromatic N) is 2. The first-order chi connectivity index (χ1) is 13.5. The number of allylic oxidation sites excluding steroid dienone is 1. The van der Waals surface area contributed by atoms with Crippen LogP contribution < -0.4 is 19.0 Å². The van der Waals surface area contributed by atoms with Gasteiger partial charge in [0.25, 0.3) is 5.91 Å². The molecule has 3 aromatic rings. The van der Waals surface area contributed by atoms with Crippen LogP contribution in [0.15, 0.2) is 54.0 Å². The van der Waals surface area contributed by atoms with Gasteiger partial charge >= 0.3 is 0 Å². The van der Waals surface area contributed by atoms with E-state index in [1.54, 1.807) is 30.3 Å². The normalized spacial score (nSPS) is 13.3. The number of thiazole rings is 1. The largest absolute Gasteiger partial charge is 0.491 e. The van der Waals surface area contributed by atoms with Gasteiger partial charge in [0.05, 0.1) is 16.3 Å². The smallest absolute Gasteiger partial charge is 0.279 e. The number of fused-ring (bicyclic) bond motifs is 2. The summed E-state index contributed by atoms with van der Waals surface area (Å²) in [4.78, 5) is 17.6. The van der Waals surface area contributed by atoms with Crippen molar-refractivity contribution >= 4 is 27.5 Å². The molecule has 1 aromatic heterocycles. The van der Waals surface area contributed by atoms with Crippen LogP contribution >= 0.6 is 11.3 Å². The van der Waals surface area contributed by atoms with E-state index in [1.807, 2.05) is 30.5 Å². The van der Waals surface area contributed by atoms with Gasteiger partial charge in [-0.15, -0.1) is 6.58 Å².